The van der Waals surface area contributed by atoms with Gasteiger partial charge in [0, 0.05) is 4.13 Å². The standard InChI is InChI=1S/C8H18NO4S2/c1-3-5-7-14(10,11)9-15(12,13)8-6-4-2/h3-8H2,1-2H3. The summed E-state index contributed by atoms with van der Waals surface area (Å²) in [6.07, 6.45) is 2.28. The third kappa shape index (κ3) is 7.75. The van der Waals surface area contributed by atoms with Crippen LogP contribution in [0.5, 0.6) is 0 Å². The van der Waals surface area contributed by atoms with E-state index in [1.54, 1.807) is 0 Å². The number of unbranched alkanes of at least 4 members (excludes halogenated alkanes) is 2. The highest BCUT2D eigenvalue weighted by Gasteiger charge is 2.21. The average Bonchev–Trinajstić information content (AvgIpc) is 2.10. The van der Waals surface area contributed by atoms with Crippen LogP contribution in [0, 0.1) is 0 Å². The lowest BCUT2D eigenvalue weighted by Gasteiger charge is -2.03. The van der Waals surface area contributed by atoms with Gasteiger partial charge in [0.05, 0.1) is 11.5 Å². The molecule has 1 radical (unpaired) electrons. The van der Waals surface area contributed by atoms with E-state index < -0.39 is 20.0 Å². The summed E-state index contributed by atoms with van der Waals surface area (Å²) in [5, 5.41) is 0. The molecule has 0 aliphatic heterocycles. The fraction of sp³-hybridized carbons (Fsp3) is 1.00. The second kappa shape index (κ2) is 6.44. The van der Waals surface area contributed by atoms with Crippen LogP contribution in [-0.2, 0) is 20.0 Å². The van der Waals surface area contributed by atoms with Crippen molar-refractivity contribution in [1.29, 1.82) is 0 Å². The quantitative estimate of drug-likeness (QED) is 0.644. The first-order chi connectivity index (χ1) is 6.83. The Morgan fingerprint density at radius 2 is 1.13 bits per heavy atom. The third-order valence-corrected chi connectivity index (χ3v) is 5.16. The van der Waals surface area contributed by atoms with Gasteiger partial charge in [-0.15, -0.1) is 0 Å². The molecule has 15 heavy (non-hydrogen) atoms. The first-order valence-electron chi connectivity index (χ1n) is 5.02. The highest BCUT2D eigenvalue weighted by molar-refractivity contribution is 8.04. The van der Waals surface area contributed by atoms with Crippen molar-refractivity contribution in [2.45, 2.75) is 39.5 Å². The summed E-state index contributed by atoms with van der Waals surface area (Å²) in [5.41, 5.74) is 0. The Morgan fingerprint density at radius 1 is 0.800 bits per heavy atom. The zero-order chi connectivity index (χ0) is 11.9. The number of hydrogen-bond donors (Lipinski definition) is 0. The minimum absolute atomic E-state index is 0.186. The van der Waals surface area contributed by atoms with Crippen LogP contribution in [0.2, 0.25) is 0 Å². The lowest BCUT2D eigenvalue weighted by Crippen LogP contribution is -2.27. The minimum atomic E-state index is -3.79. The summed E-state index contributed by atoms with van der Waals surface area (Å²) in [6, 6.07) is 0. The summed E-state index contributed by atoms with van der Waals surface area (Å²) in [5.74, 6) is -0.371. The van der Waals surface area contributed by atoms with Crippen LogP contribution in [0.4, 0.5) is 0 Å². The summed E-state index contributed by atoms with van der Waals surface area (Å²) < 4.78 is 47.8. The minimum Gasteiger partial charge on any atom is -0.210 e. The van der Waals surface area contributed by atoms with E-state index in [1.165, 1.54) is 0 Å². The summed E-state index contributed by atoms with van der Waals surface area (Å²) in [6.45, 7) is 3.67. The maximum absolute atomic E-state index is 11.2. The van der Waals surface area contributed by atoms with Gasteiger partial charge in [0.2, 0.25) is 20.0 Å². The lowest BCUT2D eigenvalue weighted by molar-refractivity contribution is 0.572. The van der Waals surface area contributed by atoms with Crippen LogP contribution >= 0.6 is 0 Å². The van der Waals surface area contributed by atoms with E-state index in [-0.39, 0.29) is 11.5 Å². The molecule has 0 rings (SSSR count). The van der Waals surface area contributed by atoms with E-state index in [0.29, 0.717) is 25.7 Å². The van der Waals surface area contributed by atoms with Crippen LogP contribution < -0.4 is 4.13 Å². The first-order valence-corrected chi connectivity index (χ1v) is 8.24. The molecule has 0 aliphatic carbocycles. The Kier molecular flexibility index (Phi) is 6.38. The van der Waals surface area contributed by atoms with Crippen molar-refractivity contribution in [1.82, 2.24) is 4.13 Å². The zero-order valence-electron chi connectivity index (χ0n) is 9.14. The van der Waals surface area contributed by atoms with Gasteiger partial charge < -0.3 is 0 Å². The van der Waals surface area contributed by atoms with Gasteiger partial charge in [0.1, 0.15) is 0 Å². The zero-order valence-corrected chi connectivity index (χ0v) is 10.8. The van der Waals surface area contributed by atoms with Crippen LogP contribution in [0.1, 0.15) is 39.5 Å². The van der Waals surface area contributed by atoms with E-state index in [9.17, 15) is 16.8 Å². The molecule has 0 amide bonds. The van der Waals surface area contributed by atoms with Gasteiger partial charge in [-0.25, -0.2) is 16.8 Å². The molecule has 0 aliphatic rings. The van der Waals surface area contributed by atoms with Crippen molar-refractivity contribution >= 4 is 20.0 Å². The van der Waals surface area contributed by atoms with Gasteiger partial charge in [-0.2, -0.15) is 0 Å². The predicted molar refractivity (Wildman–Crippen MR) is 59.5 cm³/mol. The average molecular weight is 256 g/mol. The molecular formula is C8H18NO4S2. The Balaban J connectivity index is 4.32. The van der Waals surface area contributed by atoms with E-state index in [1.807, 2.05) is 13.8 Å². The third-order valence-electron chi connectivity index (χ3n) is 1.74. The maximum Gasteiger partial charge on any atom is 0.242 e. The fourth-order valence-corrected chi connectivity index (χ4v) is 4.19. The Morgan fingerprint density at radius 3 is 1.40 bits per heavy atom. The number of nitrogens with zero attached hydrogens (tertiary/aromatic N) is 1. The largest absolute Gasteiger partial charge is 0.242 e. The van der Waals surface area contributed by atoms with Gasteiger partial charge in [-0.3, -0.25) is 0 Å². The molecular weight excluding hydrogens is 238 g/mol. The second-order valence-electron chi connectivity index (χ2n) is 3.35. The number of rotatable bonds is 8. The highest BCUT2D eigenvalue weighted by Crippen LogP contribution is 2.01. The van der Waals surface area contributed by atoms with Gasteiger partial charge >= 0.3 is 0 Å². The predicted octanol–water partition coefficient (Wildman–Crippen LogP) is 0.851. The van der Waals surface area contributed by atoms with Gasteiger partial charge in [-0.05, 0) is 12.8 Å². The summed E-state index contributed by atoms with van der Waals surface area (Å²) in [4.78, 5) is 0. The Hall–Kier alpha value is -0.140. The van der Waals surface area contributed by atoms with Crippen LogP contribution in [0.15, 0.2) is 0 Å². The molecule has 91 valence electrons. The molecule has 0 N–H and O–H groups in total. The van der Waals surface area contributed by atoms with Crippen molar-refractivity contribution in [2.75, 3.05) is 11.5 Å². The van der Waals surface area contributed by atoms with Gasteiger partial charge in [0.25, 0.3) is 0 Å². The molecule has 0 aromatic rings. The topological polar surface area (TPSA) is 82.4 Å². The molecule has 5 nitrogen and oxygen atoms in total. The van der Waals surface area contributed by atoms with Crippen molar-refractivity contribution < 1.29 is 16.8 Å². The summed E-state index contributed by atoms with van der Waals surface area (Å²) >= 11 is 0. The highest BCUT2D eigenvalue weighted by atomic mass is 32.3. The van der Waals surface area contributed by atoms with E-state index >= 15 is 0 Å². The second-order valence-corrected chi connectivity index (χ2v) is 7.09. The monoisotopic (exact) mass is 256 g/mol. The van der Waals surface area contributed by atoms with Crippen molar-refractivity contribution in [3.8, 4) is 0 Å². The van der Waals surface area contributed by atoms with Crippen molar-refractivity contribution in [2.24, 2.45) is 0 Å². The van der Waals surface area contributed by atoms with E-state index in [0.717, 1.165) is 0 Å². The fourth-order valence-electron chi connectivity index (χ4n) is 0.901. The maximum atomic E-state index is 11.2. The summed E-state index contributed by atoms with van der Waals surface area (Å²) in [7, 11) is -7.59. The molecule has 0 heterocycles. The van der Waals surface area contributed by atoms with Crippen LogP contribution in [0.25, 0.3) is 0 Å². The first kappa shape index (κ1) is 14.9. The molecule has 0 aromatic carbocycles. The van der Waals surface area contributed by atoms with Crippen LogP contribution in [0.3, 0.4) is 0 Å². The smallest absolute Gasteiger partial charge is 0.210 e. The van der Waals surface area contributed by atoms with Gasteiger partial charge in [0.15, 0.2) is 0 Å². The molecule has 0 bridgehead atoms. The van der Waals surface area contributed by atoms with Crippen LogP contribution in [-0.4, -0.2) is 28.3 Å². The van der Waals surface area contributed by atoms with E-state index in [2.05, 4.69) is 4.13 Å². The van der Waals surface area contributed by atoms with Gasteiger partial charge in [-0.1, -0.05) is 26.7 Å². The van der Waals surface area contributed by atoms with Crippen molar-refractivity contribution in [3.63, 3.8) is 0 Å². The molecule has 0 saturated carbocycles. The Labute approximate surface area is 92.4 Å². The molecule has 0 fully saturated rings. The molecule has 0 unspecified atom stereocenters. The molecule has 0 spiro atoms. The Bertz CT molecular complexity index is 322. The molecule has 0 aromatic heterocycles. The number of hydrogen-bond acceptors (Lipinski definition) is 4. The van der Waals surface area contributed by atoms with E-state index in [4.69, 9.17) is 0 Å². The molecule has 0 atom stereocenters. The molecule has 7 heteroatoms. The lowest BCUT2D eigenvalue weighted by atomic mass is 10.4. The molecule has 0 saturated heterocycles. The van der Waals surface area contributed by atoms with Crippen molar-refractivity contribution in [3.05, 3.63) is 0 Å². The number of sulfonamides is 2. The normalized spacial score (nSPS) is 12.9. The SMILES string of the molecule is CCCCS(=O)(=O)[N]S(=O)(=O)CCCC.